The molecule has 0 aliphatic carbocycles. The van der Waals surface area contributed by atoms with Crippen molar-refractivity contribution in [2.45, 2.75) is 33.2 Å². The smallest absolute Gasteiger partial charge is 0.0488 e. The van der Waals surface area contributed by atoms with Crippen LogP contribution in [0.3, 0.4) is 0 Å². The number of pyridine rings is 1. The molecule has 90 valence electrons. The predicted molar refractivity (Wildman–Crippen MR) is 68.3 cm³/mol. The minimum atomic E-state index is 0.304. The van der Waals surface area contributed by atoms with Gasteiger partial charge in [0.15, 0.2) is 0 Å². The number of likely N-dealkylation sites (N-methyl/N-ethyl adjacent to an activating group) is 1. The topological polar surface area (TPSA) is 42.1 Å². The van der Waals surface area contributed by atoms with Gasteiger partial charge in [-0.15, -0.1) is 0 Å². The fourth-order valence-electron chi connectivity index (χ4n) is 2.12. The van der Waals surface area contributed by atoms with Crippen LogP contribution >= 0.6 is 0 Å². The Labute approximate surface area is 98.7 Å². The molecule has 1 unspecified atom stereocenters. The summed E-state index contributed by atoms with van der Waals surface area (Å²) in [5, 5.41) is 0. The molecule has 0 aromatic carbocycles. The van der Waals surface area contributed by atoms with Gasteiger partial charge < -0.3 is 5.73 Å². The zero-order chi connectivity index (χ0) is 12.0. The lowest BCUT2D eigenvalue weighted by molar-refractivity contribution is 0.212. The summed E-state index contributed by atoms with van der Waals surface area (Å²) in [5.74, 6) is 0. The van der Waals surface area contributed by atoms with E-state index in [9.17, 15) is 0 Å². The Morgan fingerprint density at radius 2 is 2.19 bits per heavy atom. The molecule has 1 aromatic heterocycles. The quantitative estimate of drug-likeness (QED) is 0.800. The first kappa shape index (κ1) is 13.1. The van der Waals surface area contributed by atoms with Crippen LogP contribution in [0.2, 0.25) is 0 Å². The predicted octanol–water partition coefficient (Wildman–Crippen LogP) is 2.12. The fraction of sp³-hybridized carbons (Fsp3) is 0.615. The van der Waals surface area contributed by atoms with Gasteiger partial charge in [-0.3, -0.25) is 9.88 Å². The van der Waals surface area contributed by atoms with Crippen molar-refractivity contribution >= 4 is 0 Å². The van der Waals surface area contributed by atoms with E-state index in [4.69, 9.17) is 5.73 Å². The van der Waals surface area contributed by atoms with Gasteiger partial charge >= 0.3 is 0 Å². The molecule has 0 saturated heterocycles. The normalized spacial score (nSPS) is 13.1. The zero-order valence-electron chi connectivity index (χ0n) is 10.6. The minimum Gasteiger partial charge on any atom is -0.329 e. The molecule has 1 heterocycles. The van der Waals surface area contributed by atoms with Gasteiger partial charge in [-0.25, -0.2) is 0 Å². The molecule has 1 rings (SSSR count). The number of nitrogens with two attached hydrogens (primary N) is 1. The summed E-state index contributed by atoms with van der Waals surface area (Å²) < 4.78 is 0. The van der Waals surface area contributed by atoms with Crippen LogP contribution in [0.5, 0.6) is 0 Å². The standard InChI is InChI=1S/C13H23N3/c1-4-8-16(5-2)13(9-14)12-10-15-7-6-11(12)3/h6-7,10,13H,4-5,8-9,14H2,1-3H3. The number of rotatable bonds is 6. The summed E-state index contributed by atoms with van der Waals surface area (Å²) in [6.45, 7) is 9.28. The number of aromatic nitrogens is 1. The molecule has 0 fully saturated rings. The van der Waals surface area contributed by atoms with E-state index in [-0.39, 0.29) is 0 Å². The second-order valence-electron chi connectivity index (χ2n) is 4.11. The highest BCUT2D eigenvalue weighted by Gasteiger charge is 2.18. The van der Waals surface area contributed by atoms with E-state index in [0.29, 0.717) is 12.6 Å². The van der Waals surface area contributed by atoms with Gasteiger partial charge in [-0.2, -0.15) is 0 Å². The third-order valence-electron chi connectivity index (χ3n) is 3.02. The van der Waals surface area contributed by atoms with Crippen LogP contribution in [-0.4, -0.2) is 29.5 Å². The van der Waals surface area contributed by atoms with Crippen LogP contribution in [0.4, 0.5) is 0 Å². The van der Waals surface area contributed by atoms with Crippen LogP contribution in [0.1, 0.15) is 37.4 Å². The second-order valence-corrected chi connectivity index (χ2v) is 4.11. The number of aryl methyl sites for hydroxylation is 1. The fourth-order valence-corrected chi connectivity index (χ4v) is 2.12. The van der Waals surface area contributed by atoms with Gasteiger partial charge in [0.1, 0.15) is 0 Å². The Hall–Kier alpha value is -0.930. The summed E-state index contributed by atoms with van der Waals surface area (Å²) >= 11 is 0. The summed E-state index contributed by atoms with van der Waals surface area (Å²) in [6.07, 6.45) is 4.94. The van der Waals surface area contributed by atoms with E-state index in [2.05, 4.69) is 36.7 Å². The third-order valence-corrected chi connectivity index (χ3v) is 3.02. The molecular weight excluding hydrogens is 198 g/mol. The van der Waals surface area contributed by atoms with E-state index in [1.54, 1.807) is 0 Å². The molecular formula is C13H23N3. The molecule has 3 nitrogen and oxygen atoms in total. The number of hydrogen-bond acceptors (Lipinski definition) is 3. The van der Waals surface area contributed by atoms with Crippen LogP contribution in [0.15, 0.2) is 18.5 Å². The lowest BCUT2D eigenvalue weighted by atomic mass is 10.0. The van der Waals surface area contributed by atoms with E-state index >= 15 is 0 Å². The molecule has 0 spiro atoms. The summed E-state index contributed by atoms with van der Waals surface area (Å²) in [6, 6.07) is 2.36. The van der Waals surface area contributed by atoms with Crippen molar-refractivity contribution in [3.05, 3.63) is 29.6 Å². The Bertz CT molecular complexity index is 312. The molecule has 1 aromatic rings. The van der Waals surface area contributed by atoms with Crippen molar-refractivity contribution in [2.24, 2.45) is 5.73 Å². The van der Waals surface area contributed by atoms with E-state index in [1.807, 2.05) is 12.4 Å². The Morgan fingerprint density at radius 1 is 1.44 bits per heavy atom. The number of nitrogens with zero attached hydrogens (tertiary/aromatic N) is 2. The minimum absolute atomic E-state index is 0.304. The van der Waals surface area contributed by atoms with Crippen LogP contribution in [0, 0.1) is 6.92 Å². The first-order chi connectivity index (χ1) is 7.74. The van der Waals surface area contributed by atoms with Gasteiger partial charge in [0.05, 0.1) is 0 Å². The summed E-state index contributed by atoms with van der Waals surface area (Å²) in [5.41, 5.74) is 8.45. The van der Waals surface area contributed by atoms with Gasteiger partial charge in [-0.1, -0.05) is 13.8 Å². The molecule has 3 heteroatoms. The van der Waals surface area contributed by atoms with Crippen molar-refractivity contribution in [1.82, 2.24) is 9.88 Å². The number of hydrogen-bond donors (Lipinski definition) is 1. The lowest BCUT2D eigenvalue weighted by Crippen LogP contribution is -2.34. The first-order valence-corrected chi connectivity index (χ1v) is 6.09. The molecule has 1 atom stereocenters. The molecule has 0 aliphatic rings. The molecule has 0 amide bonds. The maximum atomic E-state index is 5.91. The van der Waals surface area contributed by atoms with Crippen LogP contribution in [-0.2, 0) is 0 Å². The summed E-state index contributed by atoms with van der Waals surface area (Å²) in [7, 11) is 0. The van der Waals surface area contributed by atoms with Crippen molar-refractivity contribution in [2.75, 3.05) is 19.6 Å². The maximum absolute atomic E-state index is 5.91. The highest BCUT2D eigenvalue weighted by Crippen LogP contribution is 2.21. The van der Waals surface area contributed by atoms with E-state index < -0.39 is 0 Å². The van der Waals surface area contributed by atoms with Crippen molar-refractivity contribution in [3.8, 4) is 0 Å². The SMILES string of the molecule is CCCN(CC)C(CN)c1cnccc1C. The zero-order valence-corrected chi connectivity index (χ0v) is 10.6. The van der Waals surface area contributed by atoms with Crippen LogP contribution in [0.25, 0.3) is 0 Å². The third kappa shape index (κ3) is 3.03. The molecule has 0 aliphatic heterocycles. The first-order valence-electron chi connectivity index (χ1n) is 6.09. The van der Waals surface area contributed by atoms with E-state index in [0.717, 1.165) is 19.5 Å². The van der Waals surface area contributed by atoms with Gasteiger partial charge in [0.25, 0.3) is 0 Å². The van der Waals surface area contributed by atoms with Gasteiger partial charge in [0, 0.05) is 25.0 Å². The molecule has 0 bridgehead atoms. The molecule has 0 radical (unpaired) electrons. The molecule has 16 heavy (non-hydrogen) atoms. The van der Waals surface area contributed by atoms with Crippen molar-refractivity contribution in [1.29, 1.82) is 0 Å². The Kier molecular flexibility index (Phi) is 5.43. The molecule has 0 saturated carbocycles. The largest absolute Gasteiger partial charge is 0.329 e. The van der Waals surface area contributed by atoms with E-state index in [1.165, 1.54) is 11.1 Å². The maximum Gasteiger partial charge on any atom is 0.0488 e. The highest BCUT2D eigenvalue weighted by molar-refractivity contribution is 5.25. The average molecular weight is 221 g/mol. The lowest BCUT2D eigenvalue weighted by Gasteiger charge is -2.30. The summed E-state index contributed by atoms with van der Waals surface area (Å²) in [4.78, 5) is 6.63. The molecule has 2 N–H and O–H groups in total. The van der Waals surface area contributed by atoms with Crippen molar-refractivity contribution < 1.29 is 0 Å². The second kappa shape index (κ2) is 6.61. The average Bonchev–Trinajstić information content (AvgIpc) is 2.31. The van der Waals surface area contributed by atoms with Crippen LogP contribution < -0.4 is 5.73 Å². The monoisotopic (exact) mass is 221 g/mol. The Balaban J connectivity index is 2.92. The van der Waals surface area contributed by atoms with Gasteiger partial charge in [0.2, 0.25) is 0 Å². The Morgan fingerprint density at radius 3 is 2.69 bits per heavy atom. The van der Waals surface area contributed by atoms with Crippen molar-refractivity contribution in [3.63, 3.8) is 0 Å². The van der Waals surface area contributed by atoms with Gasteiger partial charge in [-0.05, 0) is 43.6 Å². The highest BCUT2D eigenvalue weighted by atomic mass is 15.2.